The molecular weight excluding hydrogens is 540 g/mol. The molecule has 7 nitrogen and oxygen atoms in total. The summed E-state index contributed by atoms with van der Waals surface area (Å²) in [6.07, 6.45) is 14.8. The van der Waals surface area contributed by atoms with Crippen LogP contribution < -0.4 is 10.6 Å². The number of carbonyl (C=O) groups is 3. The van der Waals surface area contributed by atoms with E-state index in [9.17, 15) is 19.5 Å². The van der Waals surface area contributed by atoms with Crippen LogP contribution in [0.25, 0.3) is 0 Å². The molecule has 3 unspecified atom stereocenters. The third-order valence-electron chi connectivity index (χ3n) is 9.16. The van der Waals surface area contributed by atoms with Gasteiger partial charge in [-0.2, -0.15) is 0 Å². The first-order valence-corrected chi connectivity index (χ1v) is 17.5. The van der Waals surface area contributed by atoms with Gasteiger partial charge in [0.1, 0.15) is 11.8 Å². The second kappa shape index (κ2) is 20.5. The molecule has 0 aromatic carbocycles. The lowest BCUT2D eigenvalue weighted by atomic mass is 9.75. The number of hydrogen-bond donors (Lipinski definition) is 3. The number of nitrogens with one attached hydrogen (secondary N) is 2. The Morgan fingerprint density at radius 3 is 1.84 bits per heavy atom. The second-order valence-electron chi connectivity index (χ2n) is 14.8. The summed E-state index contributed by atoms with van der Waals surface area (Å²) in [5.74, 6) is -1.30. The monoisotopic (exact) mass is 611 g/mol. The van der Waals surface area contributed by atoms with Crippen LogP contribution in [0.5, 0.6) is 0 Å². The highest BCUT2D eigenvalue weighted by atomic mass is 16.5. The van der Waals surface area contributed by atoms with Crippen molar-refractivity contribution in [2.45, 2.75) is 201 Å². The van der Waals surface area contributed by atoms with Gasteiger partial charge in [0.05, 0.1) is 12.2 Å². The molecule has 43 heavy (non-hydrogen) atoms. The quantitative estimate of drug-likeness (QED) is 0.0803. The zero-order valence-electron chi connectivity index (χ0n) is 29.9. The van der Waals surface area contributed by atoms with E-state index in [1.54, 1.807) is 0 Å². The molecule has 0 saturated carbocycles. The van der Waals surface area contributed by atoms with Gasteiger partial charge < -0.3 is 20.5 Å². The number of carbonyl (C=O) groups excluding carboxylic acids is 2. The van der Waals surface area contributed by atoms with E-state index in [1.807, 2.05) is 20.8 Å². The Morgan fingerprint density at radius 1 is 0.721 bits per heavy atom. The summed E-state index contributed by atoms with van der Waals surface area (Å²) in [7, 11) is 0. The molecule has 0 aliphatic heterocycles. The van der Waals surface area contributed by atoms with Crippen molar-refractivity contribution in [3.63, 3.8) is 0 Å². The zero-order valence-corrected chi connectivity index (χ0v) is 29.9. The van der Waals surface area contributed by atoms with Gasteiger partial charge in [0.2, 0.25) is 5.91 Å². The first-order chi connectivity index (χ1) is 20.0. The van der Waals surface area contributed by atoms with Gasteiger partial charge in [-0.1, -0.05) is 92.4 Å². The fraction of sp³-hybridized carbons (Fsp3) is 0.917. The van der Waals surface area contributed by atoms with Crippen molar-refractivity contribution in [1.29, 1.82) is 0 Å². The van der Waals surface area contributed by atoms with Gasteiger partial charge in [-0.3, -0.25) is 9.59 Å². The molecule has 0 aromatic heterocycles. The van der Waals surface area contributed by atoms with E-state index in [0.29, 0.717) is 13.0 Å². The number of Topliss-reactive ketones (excluding diaryl/α,β-unsaturated/α-hetero) is 1. The maximum atomic E-state index is 13.3. The molecule has 254 valence electrons. The number of ether oxygens (including phenoxy) is 1. The minimum atomic E-state index is -1.10. The minimum absolute atomic E-state index is 0.0438. The summed E-state index contributed by atoms with van der Waals surface area (Å²) in [5.41, 5.74) is -1.17. The Kier molecular flexibility index (Phi) is 19.8. The SMILES string of the molecule is CCCCCCCC(C)(CCCC)C(=O)CCC(NC(=O)CCC(C)(C)OCC(C)(C)NC(C)(CC)CCCC)C(=O)O. The number of carboxylic acid groups (broad SMARTS) is 1. The van der Waals surface area contributed by atoms with E-state index in [1.165, 1.54) is 32.1 Å². The lowest BCUT2D eigenvalue weighted by molar-refractivity contribution is -0.142. The van der Waals surface area contributed by atoms with Gasteiger partial charge in [-0.15, -0.1) is 0 Å². The van der Waals surface area contributed by atoms with Crippen LogP contribution in [0.15, 0.2) is 0 Å². The Morgan fingerprint density at radius 2 is 1.28 bits per heavy atom. The highest BCUT2D eigenvalue weighted by Gasteiger charge is 2.34. The van der Waals surface area contributed by atoms with Crippen molar-refractivity contribution in [2.24, 2.45) is 5.41 Å². The highest BCUT2D eigenvalue weighted by molar-refractivity contribution is 5.86. The zero-order chi connectivity index (χ0) is 33.2. The van der Waals surface area contributed by atoms with E-state index in [4.69, 9.17) is 4.74 Å². The van der Waals surface area contributed by atoms with Crippen molar-refractivity contribution in [3.8, 4) is 0 Å². The average molecular weight is 611 g/mol. The van der Waals surface area contributed by atoms with Gasteiger partial charge >= 0.3 is 5.97 Å². The number of hydrogen-bond acceptors (Lipinski definition) is 5. The molecule has 0 aromatic rings. The molecule has 0 aliphatic rings. The van der Waals surface area contributed by atoms with E-state index in [0.717, 1.165) is 51.4 Å². The minimum Gasteiger partial charge on any atom is -0.480 e. The van der Waals surface area contributed by atoms with Gasteiger partial charge in [0.25, 0.3) is 0 Å². The molecular formula is C36H70N2O5. The van der Waals surface area contributed by atoms with E-state index in [-0.39, 0.29) is 42.0 Å². The van der Waals surface area contributed by atoms with Crippen molar-refractivity contribution < 1.29 is 24.2 Å². The smallest absolute Gasteiger partial charge is 0.326 e. The lowest BCUT2D eigenvalue weighted by Crippen LogP contribution is -2.56. The summed E-state index contributed by atoms with van der Waals surface area (Å²) in [6.45, 7) is 21.8. The summed E-state index contributed by atoms with van der Waals surface area (Å²) in [6, 6.07) is -1.07. The molecule has 0 heterocycles. The second-order valence-corrected chi connectivity index (χ2v) is 14.8. The van der Waals surface area contributed by atoms with Crippen LogP contribution in [0.1, 0.15) is 178 Å². The van der Waals surface area contributed by atoms with Crippen LogP contribution in [0.4, 0.5) is 0 Å². The molecule has 3 N–H and O–H groups in total. The van der Waals surface area contributed by atoms with E-state index < -0.39 is 23.0 Å². The van der Waals surface area contributed by atoms with E-state index >= 15 is 0 Å². The van der Waals surface area contributed by atoms with Crippen LogP contribution in [0.2, 0.25) is 0 Å². The number of carboxylic acids is 1. The third-order valence-corrected chi connectivity index (χ3v) is 9.16. The molecule has 0 radical (unpaired) electrons. The topological polar surface area (TPSA) is 105 Å². The Balaban J connectivity index is 4.98. The molecule has 7 heteroatoms. The van der Waals surface area contributed by atoms with Gasteiger partial charge in [0, 0.05) is 29.3 Å². The van der Waals surface area contributed by atoms with Crippen LogP contribution in [0.3, 0.4) is 0 Å². The summed E-state index contributed by atoms with van der Waals surface area (Å²) < 4.78 is 6.29. The van der Waals surface area contributed by atoms with Crippen LogP contribution in [-0.2, 0) is 19.1 Å². The Bertz CT molecular complexity index is 811. The molecule has 3 atom stereocenters. The number of ketones is 1. The summed E-state index contributed by atoms with van der Waals surface area (Å²) in [5, 5.41) is 16.3. The fourth-order valence-electron chi connectivity index (χ4n) is 5.80. The molecule has 0 rings (SSSR count). The molecule has 0 saturated heterocycles. The van der Waals surface area contributed by atoms with Crippen LogP contribution >= 0.6 is 0 Å². The van der Waals surface area contributed by atoms with Crippen LogP contribution in [0, 0.1) is 5.41 Å². The summed E-state index contributed by atoms with van der Waals surface area (Å²) in [4.78, 5) is 38.2. The first kappa shape index (κ1) is 41.5. The van der Waals surface area contributed by atoms with Gasteiger partial charge in [-0.25, -0.2) is 4.79 Å². The number of aliphatic carboxylic acids is 1. The van der Waals surface area contributed by atoms with Gasteiger partial charge in [-0.05, 0) is 73.1 Å². The fourth-order valence-corrected chi connectivity index (χ4v) is 5.80. The van der Waals surface area contributed by atoms with Crippen molar-refractivity contribution >= 4 is 17.7 Å². The first-order valence-electron chi connectivity index (χ1n) is 17.5. The number of amides is 1. The maximum absolute atomic E-state index is 13.3. The maximum Gasteiger partial charge on any atom is 0.326 e. The third kappa shape index (κ3) is 18.2. The predicted octanol–water partition coefficient (Wildman–Crippen LogP) is 8.76. The number of rotatable bonds is 27. The normalized spacial score (nSPS) is 15.9. The van der Waals surface area contributed by atoms with Crippen molar-refractivity contribution in [3.05, 3.63) is 0 Å². The molecule has 0 spiro atoms. The highest BCUT2D eigenvalue weighted by Crippen LogP contribution is 2.34. The Hall–Kier alpha value is -1.47. The van der Waals surface area contributed by atoms with Crippen molar-refractivity contribution in [2.75, 3.05) is 6.61 Å². The lowest BCUT2D eigenvalue weighted by Gasteiger charge is -2.41. The van der Waals surface area contributed by atoms with Crippen LogP contribution in [-0.4, -0.2) is 52.1 Å². The molecule has 0 fully saturated rings. The standard InChI is InChI=1S/C36H70N2O5/c1-11-15-18-19-20-25-35(9,24-16-12-2)30(39)22-21-29(32(41)42)37-31(40)23-27-34(7,8)43-28-33(5,6)38-36(10,14-4)26-17-13-3/h29,38H,11-28H2,1-10H3,(H,37,40)(H,41,42). The molecule has 0 aliphatic carbocycles. The predicted molar refractivity (Wildman–Crippen MR) is 180 cm³/mol. The molecule has 1 amide bonds. The average Bonchev–Trinajstić information content (AvgIpc) is 2.94. The summed E-state index contributed by atoms with van der Waals surface area (Å²) >= 11 is 0. The number of unbranched alkanes of at least 4 members (excludes halogenated alkanes) is 6. The van der Waals surface area contributed by atoms with E-state index in [2.05, 4.69) is 59.1 Å². The Labute approximate surface area is 265 Å². The van der Waals surface area contributed by atoms with Crippen molar-refractivity contribution in [1.82, 2.24) is 10.6 Å². The molecule has 0 bridgehead atoms. The van der Waals surface area contributed by atoms with Gasteiger partial charge in [0.15, 0.2) is 0 Å². The largest absolute Gasteiger partial charge is 0.480 e.